The van der Waals surface area contributed by atoms with Gasteiger partial charge in [0.2, 0.25) is 0 Å². The third-order valence-corrected chi connectivity index (χ3v) is 8.24. The molecule has 0 radical (unpaired) electrons. The van der Waals surface area contributed by atoms with Gasteiger partial charge in [0.05, 0.1) is 21.0 Å². The molecule has 31 heavy (non-hydrogen) atoms. The van der Waals surface area contributed by atoms with Crippen LogP contribution in [0.2, 0.25) is 0 Å². The summed E-state index contributed by atoms with van der Waals surface area (Å²) in [7, 11) is 1.64. The number of carbonyl (C=O) groups excluding carboxylic acids is 1. The number of amides is 1. The minimum Gasteiger partial charge on any atom is -0.494 e. The maximum Gasteiger partial charge on any atom is 0.262 e. The van der Waals surface area contributed by atoms with Gasteiger partial charge in [0, 0.05) is 11.7 Å². The quantitative estimate of drug-likeness (QED) is 0.392. The van der Waals surface area contributed by atoms with Crippen LogP contribution in [0.3, 0.4) is 0 Å². The number of thioether (sulfide) groups is 1. The van der Waals surface area contributed by atoms with E-state index in [4.69, 9.17) is 4.74 Å². The van der Waals surface area contributed by atoms with Gasteiger partial charge in [-0.15, -0.1) is 0 Å². The Morgan fingerprint density at radius 3 is 2.45 bits per heavy atom. The number of halogens is 2. The zero-order valence-corrected chi connectivity index (χ0v) is 21.6. The van der Waals surface area contributed by atoms with Crippen molar-refractivity contribution in [2.75, 3.05) is 12.4 Å². The number of carbonyl (C=O) groups is 1. The van der Waals surface area contributed by atoms with Gasteiger partial charge in [-0.3, -0.25) is 4.79 Å². The molecule has 164 valence electrons. The van der Waals surface area contributed by atoms with Gasteiger partial charge in [-0.2, -0.15) is 0 Å². The SMILES string of the molecule is COc1c(Br)cc(/C=C2\SC(Nc3ccccc3)N([C@H]3CCCC[C@@H]3C)C2=O)cc1Br. The average molecular weight is 566 g/mol. The highest BCUT2D eigenvalue weighted by Gasteiger charge is 2.42. The van der Waals surface area contributed by atoms with E-state index in [1.54, 1.807) is 18.9 Å². The lowest BCUT2D eigenvalue weighted by atomic mass is 9.85. The number of ether oxygens (including phenoxy) is 1. The lowest BCUT2D eigenvalue weighted by Crippen LogP contribution is -2.48. The number of hydrogen-bond acceptors (Lipinski definition) is 4. The van der Waals surface area contributed by atoms with Gasteiger partial charge < -0.3 is 15.0 Å². The fourth-order valence-electron chi connectivity index (χ4n) is 4.38. The summed E-state index contributed by atoms with van der Waals surface area (Å²) < 4.78 is 7.11. The fourth-order valence-corrected chi connectivity index (χ4v) is 7.13. The molecule has 0 aromatic heterocycles. The number of nitrogens with zero attached hydrogens (tertiary/aromatic N) is 1. The molecule has 1 saturated carbocycles. The first-order valence-electron chi connectivity index (χ1n) is 10.5. The van der Waals surface area contributed by atoms with Crippen LogP contribution in [0.4, 0.5) is 5.69 Å². The zero-order valence-electron chi connectivity index (χ0n) is 17.6. The van der Waals surface area contributed by atoms with Gasteiger partial charge in [-0.1, -0.05) is 49.7 Å². The molecule has 4 rings (SSSR count). The molecule has 1 heterocycles. The van der Waals surface area contributed by atoms with Gasteiger partial charge in [-0.05, 0) is 86.5 Å². The van der Waals surface area contributed by atoms with Gasteiger partial charge in [0.25, 0.3) is 5.91 Å². The summed E-state index contributed by atoms with van der Waals surface area (Å²) in [5.74, 6) is 1.36. The predicted molar refractivity (Wildman–Crippen MR) is 136 cm³/mol. The number of benzene rings is 2. The van der Waals surface area contributed by atoms with E-state index in [-0.39, 0.29) is 17.4 Å². The van der Waals surface area contributed by atoms with Gasteiger partial charge in [0.1, 0.15) is 5.75 Å². The van der Waals surface area contributed by atoms with Crippen LogP contribution in [-0.4, -0.2) is 29.5 Å². The molecule has 1 aliphatic heterocycles. The molecule has 4 nitrogen and oxygen atoms in total. The summed E-state index contributed by atoms with van der Waals surface area (Å²) >= 11 is 8.72. The van der Waals surface area contributed by atoms with Crippen LogP contribution in [0.25, 0.3) is 6.08 Å². The van der Waals surface area contributed by atoms with Gasteiger partial charge in [0.15, 0.2) is 5.50 Å². The van der Waals surface area contributed by atoms with E-state index in [0.717, 1.165) is 37.3 Å². The Balaban J connectivity index is 1.66. The van der Waals surface area contributed by atoms with Crippen LogP contribution in [0.1, 0.15) is 38.2 Å². The van der Waals surface area contributed by atoms with Crippen LogP contribution >= 0.6 is 43.6 Å². The van der Waals surface area contributed by atoms with Gasteiger partial charge in [-0.25, -0.2) is 0 Å². The predicted octanol–water partition coefficient (Wildman–Crippen LogP) is 7.11. The lowest BCUT2D eigenvalue weighted by molar-refractivity contribution is -0.129. The molecule has 1 aliphatic carbocycles. The van der Waals surface area contributed by atoms with Crippen LogP contribution in [-0.2, 0) is 4.79 Å². The number of nitrogens with one attached hydrogen (secondary N) is 1. The second-order valence-electron chi connectivity index (χ2n) is 8.05. The Bertz CT molecular complexity index is 960. The summed E-state index contributed by atoms with van der Waals surface area (Å²) in [6.07, 6.45) is 6.65. The van der Waals surface area contributed by atoms with E-state index in [1.165, 1.54) is 19.3 Å². The van der Waals surface area contributed by atoms with Crippen LogP contribution < -0.4 is 10.1 Å². The van der Waals surface area contributed by atoms with Crippen molar-refractivity contribution in [3.63, 3.8) is 0 Å². The molecular weight excluding hydrogens is 540 g/mol. The molecule has 1 N–H and O–H groups in total. The molecule has 2 aromatic rings. The first-order chi connectivity index (χ1) is 15.0. The maximum absolute atomic E-state index is 13.6. The zero-order chi connectivity index (χ0) is 22.0. The van der Waals surface area contributed by atoms with E-state index >= 15 is 0 Å². The number of para-hydroxylation sites is 1. The normalized spacial score (nSPS) is 25.2. The molecule has 0 spiro atoms. The van der Waals surface area contributed by atoms with Crippen molar-refractivity contribution >= 4 is 61.3 Å². The van der Waals surface area contributed by atoms with E-state index in [0.29, 0.717) is 5.92 Å². The van der Waals surface area contributed by atoms with Crippen molar-refractivity contribution in [1.82, 2.24) is 4.90 Å². The van der Waals surface area contributed by atoms with Crippen molar-refractivity contribution in [1.29, 1.82) is 0 Å². The average Bonchev–Trinajstić information content (AvgIpc) is 3.03. The number of methoxy groups -OCH3 is 1. The first kappa shape index (κ1) is 22.7. The number of anilines is 1. The molecule has 1 unspecified atom stereocenters. The standard InChI is InChI=1S/C24H26Br2N2O2S/c1-15-8-6-7-11-20(15)28-23(29)21(31-24(28)27-17-9-4-3-5-10-17)14-16-12-18(25)22(30-2)19(26)13-16/h3-5,9-10,12-15,20,24,27H,6-8,11H2,1-2H3/b21-14-/t15-,20-,24?/m0/s1. The Morgan fingerprint density at radius 1 is 1.13 bits per heavy atom. The molecule has 3 atom stereocenters. The molecule has 2 fully saturated rings. The Morgan fingerprint density at radius 2 is 1.81 bits per heavy atom. The Kier molecular flexibility index (Phi) is 7.34. The Hall–Kier alpha value is -1.44. The van der Waals surface area contributed by atoms with E-state index in [1.807, 2.05) is 48.5 Å². The van der Waals surface area contributed by atoms with Crippen molar-refractivity contribution in [3.05, 3.63) is 61.9 Å². The van der Waals surface area contributed by atoms with E-state index in [2.05, 4.69) is 49.0 Å². The second-order valence-corrected chi connectivity index (χ2v) is 10.9. The third-order valence-electron chi connectivity index (χ3n) is 5.95. The lowest BCUT2D eigenvalue weighted by Gasteiger charge is -2.39. The number of hydrogen-bond donors (Lipinski definition) is 1. The molecular formula is C24H26Br2N2O2S. The molecule has 0 bridgehead atoms. The molecule has 2 aliphatic rings. The summed E-state index contributed by atoms with van der Waals surface area (Å²) in [4.78, 5) is 16.4. The minimum atomic E-state index is -0.114. The van der Waals surface area contributed by atoms with Crippen LogP contribution in [0.5, 0.6) is 5.75 Å². The monoisotopic (exact) mass is 564 g/mol. The van der Waals surface area contributed by atoms with Crippen molar-refractivity contribution < 1.29 is 9.53 Å². The highest BCUT2D eigenvalue weighted by Crippen LogP contribution is 2.43. The highest BCUT2D eigenvalue weighted by molar-refractivity contribution is 9.11. The Labute approximate surface area is 205 Å². The van der Waals surface area contributed by atoms with Crippen molar-refractivity contribution in [2.45, 2.75) is 44.1 Å². The maximum atomic E-state index is 13.6. The van der Waals surface area contributed by atoms with Crippen molar-refractivity contribution in [3.8, 4) is 5.75 Å². The highest BCUT2D eigenvalue weighted by atomic mass is 79.9. The number of rotatable bonds is 5. The molecule has 1 amide bonds. The van der Waals surface area contributed by atoms with Crippen molar-refractivity contribution in [2.24, 2.45) is 5.92 Å². The molecule has 7 heteroatoms. The smallest absolute Gasteiger partial charge is 0.262 e. The van der Waals surface area contributed by atoms with Crippen LogP contribution in [0.15, 0.2) is 56.3 Å². The summed E-state index contributed by atoms with van der Waals surface area (Å²) in [6.45, 7) is 2.28. The fraction of sp³-hybridized carbons (Fsp3) is 0.375. The molecule has 2 aromatic carbocycles. The summed E-state index contributed by atoms with van der Waals surface area (Å²) in [5.41, 5.74) is 1.86. The van der Waals surface area contributed by atoms with Gasteiger partial charge >= 0.3 is 0 Å². The summed E-state index contributed by atoms with van der Waals surface area (Å²) in [6, 6.07) is 14.4. The molecule has 1 saturated heterocycles. The first-order valence-corrected chi connectivity index (χ1v) is 13.0. The largest absolute Gasteiger partial charge is 0.494 e. The topological polar surface area (TPSA) is 41.6 Å². The van der Waals surface area contributed by atoms with Crippen LogP contribution in [0, 0.1) is 5.92 Å². The summed E-state index contributed by atoms with van der Waals surface area (Å²) in [5, 5.41) is 3.58. The van der Waals surface area contributed by atoms with E-state index < -0.39 is 0 Å². The second kappa shape index (κ2) is 10.0. The minimum absolute atomic E-state index is 0.111. The van der Waals surface area contributed by atoms with E-state index in [9.17, 15) is 4.79 Å². The third kappa shape index (κ3) is 4.99.